The number of carboxylic acid groups (broad SMARTS) is 1. The minimum absolute atomic E-state index is 0.119. The van der Waals surface area contributed by atoms with Crippen LogP contribution in [-0.4, -0.2) is 38.2 Å². The predicted molar refractivity (Wildman–Crippen MR) is 132 cm³/mol. The number of aliphatic carboxylic acids is 1. The molecule has 0 saturated carbocycles. The second kappa shape index (κ2) is 9.69. The monoisotopic (exact) mass is 609 g/mol. The normalized spacial score (nSPS) is 11.4. The van der Waals surface area contributed by atoms with E-state index in [2.05, 4.69) is 36.8 Å². The van der Waals surface area contributed by atoms with Gasteiger partial charge in [0.25, 0.3) is 0 Å². The maximum absolute atomic E-state index is 13.3. The van der Waals surface area contributed by atoms with Gasteiger partial charge >= 0.3 is 5.97 Å². The van der Waals surface area contributed by atoms with E-state index in [1.54, 1.807) is 42.5 Å². The Kier molecular flexibility index (Phi) is 6.87. The lowest BCUT2D eigenvalue weighted by atomic mass is 10.2. The number of carboxylic acids is 1. The van der Waals surface area contributed by atoms with E-state index in [0.29, 0.717) is 42.8 Å². The zero-order valence-corrected chi connectivity index (χ0v) is 21.5. The molecular weight excluding hydrogens is 594 g/mol. The predicted octanol–water partition coefficient (Wildman–Crippen LogP) is 5.79. The molecule has 0 aliphatic heterocycles. The summed E-state index contributed by atoms with van der Waals surface area (Å²) >= 11 is 6.80. The van der Waals surface area contributed by atoms with Crippen molar-refractivity contribution >= 4 is 58.6 Å². The van der Waals surface area contributed by atoms with Gasteiger partial charge in [-0.2, -0.15) is 0 Å². The molecule has 0 radical (unpaired) electrons. The Morgan fingerprint density at radius 2 is 1.62 bits per heavy atom. The minimum atomic E-state index is -3.80. The standard InChI is InChI=1S/C23H17Br2NO7S/c1-31-13-2-5-16(6-3-13)34(29,30)21-11-26-20-7-4-14(8-17(20)21)33-23-18(24)9-15(10-19(23)25)32-12-22(27)28/h2-11,26H,12H2,1H3,(H,27,28). The summed E-state index contributed by atoms with van der Waals surface area (Å²) in [6, 6.07) is 14.4. The number of ether oxygens (including phenoxy) is 3. The molecule has 0 aliphatic rings. The van der Waals surface area contributed by atoms with Crippen molar-refractivity contribution < 1.29 is 32.5 Å². The number of nitrogens with one attached hydrogen (secondary N) is 1. The molecule has 0 spiro atoms. The van der Waals surface area contributed by atoms with Crippen LogP contribution < -0.4 is 14.2 Å². The second-order valence-electron chi connectivity index (χ2n) is 7.04. The molecule has 0 fully saturated rings. The maximum Gasteiger partial charge on any atom is 0.341 e. The van der Waals surface area contributed by atoms with Gasteiger partial charge in [-0.05, 0) is 86.5 Å². The molecule has 176 valence electrons. The highest BCUT2D eigenvalue weighted by atomic mass is 79.9. The van der Waals surface area contributed by atoms with Crippen LogP contribution in [0.25, 0.3) is 10.9 Å². The van der Waals surface area contributed by atoms with Gasteiger partial charge in [0.05, 0.1) is 25.8 Å². The number of aromatic nitrogens is 1. The fourth-order valence-electron chi connectivity index (χ4n) is 3.22. The number of sulfone groups is 1. The third kappa shape index (κ3) is 4.91. The molecule has 0 saturated heterocycles. The third-order valence-corrected chi connectivity index (χ3v) is 7.82. The highest BCUT2D eigenvalue weighted by molar-refractivity contribution is 9.11. The minimum Gasteiger partial charge on any atom is -0.497 e. The lowest BCUT2D eigenvalue weighted by Gasteiger charge is -2.13. The van der Waals surface area contributed by atoms with Crippen molar-refractivity contribution in [2.24, 2.45) is 0 Å². The van der Waals surface area contributed by atoms with Gasteiger partial charge in [0, 0.05) is 17.1 Å². The van der Waals surface area contributed by atoms with Gasteiger partial charge in [0.15, 0.2) is 12.4 Å². The van der Waals surface area contributed by atoms with Crippen LogP contribution in [0, 0.1) is 0 Å². The number of H-pyrrole nitrogens is 1. The first-order chi connectivity index (χ1) is 16.2. The topological polar surface area (TPSA) is 115 Å². The van der Waals surface area contributed by atoms with E-state index in [1.165, 1.54) is 25.4 Å². The molecule has 11 heteroatoms. The van der Waals surface area contributed by atoms with Crippen LogP contribution in [0.15, 0.2) is 79.5 Å². The Morgan fingerprint density at radius 1 is 0.971 bits per heavy atom. The summed E-state index contributed by atoms with van der Waals surface area (Å²) in [4.78, 5) is 14.0. The van der Waals surface area contributed by atoms with Gasteiger partial charge in [0.1, 0.15) is 17.2 Å². The van der Waals surface area contributed by atoms with Crippen LogP contribution in [0.5, 0.6) is 23.0 Å². The average molecular weight is 611 g/mol. The summed E-state index contributed by atoms with van der Waals surface area (Å²) < 4.78 is 43.9. The van der Waals surface area contributed by atoms with Crippen LogP contribution in [0.2, 0.25) is 0 Å². The van der Waals surface area contributed by atoms with Gasteiger partial charge in [-0.25, -0.2) is 13.2 Å². The molecular formula is C23H17Br2NO7S. The first-order valence-corrected chi connectivity index (χ1v) is 12.8. The van der Waals surface area contributed by atoms with Gasteiger partial charge < -0.3 is 24.3 Å². The smallest absolute Gasteiger partial charge is 0.341 e. The summed E-state index contributed by atoms with van der Waals surface area (Å²) in [6.07, 6.45) is 1.45. The Labute approximate surface area is 211 Å². The lowest BCUT2D eigenvalue weighted by molar-refractivity contribution is -0.139. The number of fused-ring (bicyclic) bond motifs is 1. The highest BCUT2D eigenvalue weighted by Crippen LogP contribution is 2.41. The van der Waals surface area contributed by atoms with Crippen LogP contribution >= 0.6 is 31.9 Å². The number of methoxy groups -OCH3 is 1. The molecule has 0 unspecified atom stereocenters. The second-order valence-corrected chi connectivity index (χ2v) is 10.7. The van der Waals surface area contributed by atoms with E-state index >= 15 is 0 Å². The first-order valence-electron chi connectivity index (χ1n) is 9.71. The fraction of sp³-hybridized carbons (Fsp3) is 0.0870. The molecule has 0 amide bonds. The largest absolute Gasteiger partial charge is 0.497 e. The Balaban J connectivity index is 1.67. The van der Waals surface area contributed by atoms with Crippen molar-refractivity contribution in [2.45, 2.75) is 9.79 Å². The fourth-order valence-corrected chi connectivity index (χ4v) is 5.95. The Hall–Kier alpha value is -3.02. The van der Waals surface area contributed by atoms with Crippen LogP contribution in [0.4, 0.5) is 0 Å². The molecule has 8 nitrogen and oxygen atoms in total. The number of aromatic amines is 1. The molecule has 2 N–H and O–H groups in total. The van der Waals surface area contributed by atoms with Crippen LogP contribution in [-0.2, 0) is 14.6 Å². The van der Waals surface area contributed by atoms with Gasteiger partial charge in [0.2, 0.25) is 9.84 Å². The van der Waals surface area contributed by atoms with E-state index in [-0.39, 0.29) is 9.79 Å². The van der Waals surface area contributed by atoms with E-state index in [9.17, 15) is 13.2 Å². The van der Waals surface area contributed by atoms with Gasteiger partial charge in [-0.3, -0.25) is 0 Å². The molecule has 0 aliphatic carbocycles. The number of hydrogen-bond acceptors (Lipinski definition) is 6. The first kappa shape index (κ1) is 24.1. The molecule has 3 aromatic carbocycles. The van der Waals surface area contributed by atoms with Gasteiger partial charge in [-0.15, -0.1) is 0 Å². The van der Waals surface area contributed by atoms with Crippen molar-refractivity contribution in [3.8, 4) is 23.0 Å². The molecule has 0 atom stereocenters. The number of benzene rings is 3. The molecule has 1 heterocycles. The summed E-state index contributed by atoms with van der Waals surface area (Å²) in [5.41, 5.74) is 0.634. The van der Waals surface area contributed by atoms with E-state index < -0.39 is 22.4 Å². The molecule has 0 bridgehead atoms. The Morgan fingerprint density at radius 3 is 2.24 bits per heavy atom. The number of hydrogen-bond donors (Lipinski definition) is 2. The molecule has 4 aromatic rings. The summed E-state index contributed by atoms with van der Waals surface area (Å²) in [5, 5.41) is 9.26. The highest BCUT2D eigenvalue weighted by Gasteiger charge is 2.22. The maximum atomic E-state index is 13.3. The third-order valence-electron chi connectivity index (χ3n) is 4.83. The van der Waals surface area contributed by atoms with E-state index in [0.717, 1.165) is 0 Å². The quantitative estimate of drug-likeness (QED) is 0.259. The van der Waals surface area contributed by atoms with Crippen molar-refractivity contribution in [3.63, 3.8) is 0 Å². The van der Waals surface area contributed by atoms with Crippen molar-refractivity contribution in [3.05, 3.63) is 69.7 Å². The van der Waals surface area contributed by atoms with Crippen LogP contribution in [0.3, 0.4) is 0 Å². The van der Waals surface area contributed by atoms with E-state index in [1.807, 2.05) is 0 Å². The lowest BCUT2D eigenvalue weighted by Crippen LogP contribution is -2.09. The summed E-state index contributed by atoms with van der Waals surface area (Å²) in [5.74, 6) is 0.621. The summed E-state index contributed by atoms with van der Waals surface area (Å²) in [7, 11) is -2.29. The number of halogens is 2. The Bertz CT molecular complexity index is 1460. The summed E-state index contributed by atoms with van der Waals surface area (Å²) in [6.45, 7) is -0.477. The molecule has 1 aromatic heterocycles. The zero-order chi connectivity index (χ0) is 24.5. The number of carbonyl (C=O) groups is 1. The van der Waals surface area contributed by atoms with E-state index in [4.69, 9.17) is 19.3 Å². The van der Waals surface area contributed by atoms with Crippen LogP contribution in [0.1, 0.15) is 0 Å². The van der Waals surface area contributed by atoms with Crippen molar-refractivity contribution in [1.82, 2.24) is 4.98 Å². The molecule has 34 heavy (non-hydrogen) atoms. The van der Waals surface area contributed by atoms with Gasteiger partial charge in [-0.1, -0.05) is 0 Å². The zero-order valence-electron chi connectivity index (χ0n) is 17.5. The molecule has 4 rings (SSSR count). The van der Waals surface area contributed by atoms with Crippen molar-refractivity contribution in [1.29, 1.82) is 0 Å². The average Bonchev–Trinajstić information content (AvgIpc) is 3.24. The SMILES string of the molecule is COc1ccc(S(=O)(=O)c2c[nH]c3ccc(Oc4c(Br)cc(OCC(=O)O)cc4Br)cc23)cc1. The number of rotatable bonds is 8. The van der Waals surface area contributed by atoms with Crippen molar-refractivity contribution in [2.75, 3.05) is 13.7 Å².